The molecular weight excluding hydrogens is 188 g/mol. The molecule has 0 amide bonds. The fourth-order valence-corrected chi connectivity index (χ4v) is 2.15. The molecule has 0 saturated carbocycles. The number of rotatable bonds is 2. The summed E-state index contributed by atoms with van der Waals surface area (Å²) in [5, 5.41) is 0. The molecule has 0 radical (unpaired) electrons. The van der Waals surface area contributed by atoms with Crippen molar-refractivity contribution in [2.24, 2.45) is 0 Å². The second kappa shape index (κ2) is 4.01. The Balaban J connectivity index is 3.13. The number of methoxy groups -OCH3 is 1. The second-order valence-electron chi connectivity index (χ2n) is 2.43. The first kappa shape index (κ1) is 9.68. The molecular formula is C9H12OS2. The summed E-state index contributed by atoms with van der Waals surface area (Å²) in [6, 6.07) is 2.03. The molecule has 0 N–H and O–H groups in total. The number of ether oxygens (including phenoxy) is 1. The molecule has 66 valence electrons. The van der Waals surface area contributed by atoms with Gasteiger partial charge in [-0.3, -0.25) is 0 Å². The summed E-state index contributed by atoms with van der Waals surface area (Å²) in [5.74, 6) is 0.917. The summed E-state index contributed by atoms with van der Waals surface area (Å²) in [6.45, 7) is 4.03. The van der Waals surface area contributed by atoms with E-state index in [0.717, 1.165) is 15.5 Å². The van der Waals surface area contributed by atoms with Crippen LogP contribution in [0.15, 0.2) is 12.1 Å². The number of allylic oxidation sites excluding steroid dienone is 1. The summed E-state index contributed by atoms with van der Waals surface area (Å²) in [4.78, 5) is 3.33. The molecule has 1 rings (SSSR count). The molecule has 0 fully saturated rings. The zero-order valence-corrected chi connectivity index (χ0v) is 9.13. The molecule has 0 bridgehead atoms. The van der Waals surface area contributed by atoms with Crippen LogP contribution in [0.3, 0.4) is 0 Å². The van der Waals surface area contributed by atoms with Crippen LogP contribution in [0.1, 0.15) is 16.7 Å². The predicted molar refractivity (Wildman–Crippen MR) is 58.2 cm³/mol. The third-order valence-electron chi connectivity index (χ3n) is 1.55. The molecule has 0 saturated heterocycles. The van der Waals surface area contributed by atoms with Crippen molar-refractivity contribution in [3.05, 3.63) is 21.9 Å². The average Bonchev–Trinajstić information content (AvgIpc) is 2.45. The van der Waals surface area contributed by atoms with Gasteiger partial charge in [0.15, 0.2) is 0 Å². The normalized spacial score (nSPS) is 11.8. The number of hydrogen-bond acceptors (Lipinski definition) is 3. The van der Waals surface area contributed by atoms with E-state index in [1.165, 1.54) is 4.88 Å². The lowest BCUT2D eigenvalue weighted by Gasteiger charge is -1.99. The quantitative estimate of drug-likeness (QED) is 0.720. The third-order valence-corrected chi connectivity index (χ3v) is 3.25. The molecule has 3 heteroatoms. The van der Waals surface area contributed by atoms with Crippen molar-refractivity contribution in [2.45, 2.75) is 13.8 Å². The highest BCUT2D eigenvalue weighted by Crippen LogP contribution is 2.35. The van der Waals surface area contributed by atoms with Crippen molar-refractivity contribution >= 4 is 28.9 Å². The van der Waals surface area contributed by atoms with E-state index in [9.17, 15) is 0 Å². The minimum absolute atomic E-state index is 0.917. The van der Waals surface area contributed by atoms with E-state index in [0.29, 0.717) is 0 Å². The van der Waals surface area contributed by atoms with Crippen molar-refractivity contribution in [3.63, 3.8) is 0 Å². The monoisotopic (exact) mass is 200 g/mol. The first-order valence-corrected chi connectivity index (χ1v) is 4.95. The van der Waals surface area contributed by atoms with Gasteiger partial charge in [-0.15, -0.1) is 24.0 Å². The van der Waals surface area contributed by atoms with Gasteiger partial charge < -0.3 is 4.74 Å². The molecule has 0 aliphatic rings. The molecule has 0 atom stereocenters. The Kier molecular flexibility index (Phi) is 3.23. The van der Waals surface area contributed by atoms with Gasteiger partial charge in [-0.05, 0) is 19.9 Å². The topological polar surface area (TPSA) is 9.23 Å². The lowest BCUT2D eigenvalue weighted by molar-refractivity contribution is 0.415. The van der Waals surface area contributed by atoms with E-state index in [-0.39, 0.29) is 0 Å². The van der Waals surface area contributed by atoms with Crippen LogP contribution in [0.25, 0.3) is 4.91 Å². The highest BCUT2D eigenvalue weighted by molar-refractivity contribution is 7.90. The van der Waals surface area contributed by atoms with E-state index in [1.807, 2.05) is 19.1 Å². The Bertz CT molecular complexity index is 299. The standard InChI is InChI=1S/C9H12OS2/c1-4-8(11)9-7(10-3)5-6(2)12-9/h4-5,11H,1-3H3/b8-4-. The fraction of sp³-hybridized carbons (Fsp3) is 0.333. The number of thiol groups is 1. The van der Waals surface area contributed by atoms with E-state index < -0.39 is 0 Å². The van der Waals surface area contributed by atoms with Gasteiger partial charge in [0, 0.05) is 9.78 Å². The Labute approximate surface area is 82.5 Å². The van der Waals surface area contributed by atoms with Crippen molar-refractivity contribution in [2.75, 3.05) is 7.11 Å². The lowest BCUT2D eigenvalue weighted by atomic mass is 10.3. The van der Waals surface area contributed by atoms with Gasteiger partial charge >= 0.3 is 0 Å². The molecule has 0 aliphatic heterocycles. The molecule has 0 aromatic carbocycles. The molecule has 1 heterocycles. The average molecular weight is 200 g/mol. The Morgan fingerprint density at radius 3 is 2.83 bits per heavy atom. The van der Waals surface area contributed by atoms with Gasteiger partial charge in [0.2, 0.25) is 0 Å². The highest BCUT2D eigenvalue weighted by Gasteiger charge is 2.08. The van der Waals surface area contributed by atoms with Crippen molar-refractivity contribution < 1.29 is 4.74 Å². The number of aryl methyl sites for hydroxylation is 1. The molecule has 12 heavy (non-hydrogen) atoms. The SMILES string of the molecule is C/C=C(\S)c1sc(C)cc1OC. The van der Waals surface area contributed by atoms with Crippen LogP contribution in [0.2, 0.25) is 0 Å². The third kappa shape index (κ3) is 1.84. The van der Waals surface area contributed by atoms with E-state index in [1.54, 1.807) is 18.4 Å². The summed E-state index contributed by atoms with van der Waals surface area (Å²) >= 11 is 6.05. The maximum Gasteiger partial charge on any atom is 0.138 e. The lowest BCUT2D eigenvalue weighted by Crippen LogP contribution is -1.81. The van der Waals surface area contributed by atoms with E-state index in [2.05, 4.69) is 19.6 Å². The molecule has 0 aliphatic carbocycles. The van der Waals surface area contributed by atoms with Crippen molar-refractivity contribution in [3.8, 4) is 5.75 Å². The number of hydrogen-bond donors (Lipinski definition) is 1. The van der Waals surface area contributed by atoms with Crippen LogP contribution in [0, 0.1) is 6.92 Å². The van der Waals surface area contributed by atoms with E-state index in [4.69, 9.17) is 4.74 Å². The molecule has 0 unspecified atom stereocenters. The molecule has 0 spiro atoms. The first-order valence-electron chi connectivity index (χ1n) is 3.69. The highest BCUT2D eigenvalue weighted by atomic mass is 32.1. The Hall–Kier alpha value is -0.410. The van der Waals surface area contributed by atoms with Gasteiger partial charge in [-0.2, -0.15) is 0 Å². The Morgan fingerprint density at radius 2 is 2.33 bits per heavy atom. The van der Waals surface area contributed by atoms with Gasteiger partial charge in [-0.1, -0.05) is 6.08 Å². The Morgan fingerprint density at radius 1 is 1.67 bits per heavy atom. The summed E-state index contributed by atoms with van der Waals surface area (Å²) in [6.07, 6.45) is 1.97. The molecule has 1 nitrogen and oxygen atoms in total. The largest absolute Gasteiger partial charge is 0.495 e. The molecule has 1 aromatic heterocycles. The smallest absolute Gasteiger partial charge is 0.138 e. The van der Waals surface area contributed by atoms with Crippen LogP contribution in [-0.2, 0) is 0 Å². The van der Waals surface area contributed by atoms with E-state index >= 15 is 0 Å². The number of thiophene rings is 1. The summed E-state index contributed by atoms with van der Waals surface area (Å²) < 4.78 is 5.21. The minimum atomic E-state index is 0.917. The van der Waals surface area contributed by atoms with Gasteiger partial charge in [-0.25, -0.2) is 0 Å². The van der Waals surface area contributed by atoms with Crippen LogP contribution in [0.4, 0.5) is 0 Å². The van der Waals surface area contributed by atoms with Gasteiger partial charge in [0.25, 0.3) is 0 Å². The van der Waals surface area contributed by atoms with Gasteiger partial charge in [0.05, 0.1) is 12.0 Å². The zero-order chi connectivity index (χ0) is 9.14. The second-order valence-corrected chi connectivity index (χ2v) is 4.17. The van der Waals surface area contributed by atoms with Crippen LogP contribution in [-0.4, -0.2) is 7.11 Å². The van der Waals surface area contributed by atoms with Crippen LogP contribution in [0.5, 0.6) is 5.75 Å². The van der Waals surface area contributed by atoms with Crippen molar-refractivity contribution in [1.82, 2.24) is 0 Å². The predicted octanol–water partition coefficient (Wildman–Crippen LogP) is 3.36. The first-order chi connectivity index (χ1) is 5.69. The van der Waals surface area contributed by atoms with Crippen LogP contribution >= 0.6 is 24.0 Å². The van der Waals surface area contributed by atoms with Crippen LogP contribution < -0.4 is 4.74 Å². The maximum atomic E-state index is 5.21. The minimum Gasteiger partial charge on any atom is -0.495 e. The fourth-order valence-electron chi connectivity index (χ4n) is 0.952. The summed E-state index contributed by atoms with van der Waals surface area (Å²) in [7, 11) is 1.68. The van der Waals surface area contributed by atoms with Gasteiger partial charge in [0.1, 0.15) is 5.75 Å². The molecule has 1 aromatic rings. The summed E-state index contributed by atoms with van der Waals surface area (Å²) in [5.41, 5.74) is 0. The maximum absolute atomic E-state index is 5.21. The zero-order valence-electron chi connectivity index (χ0n) is 7.42. The van der Waals surface area contributed by atoms with Crippen molar-refractivity contribution in [1.29, 1.82) is 0 Å².